The molecule has 0 saturated carbocycles. The number of carbonyl (C=O) groups excluding carboxylic acids is 7. The molecular formula is C109H93Cl2NO14. The number of hydrogen-bond acceptors (Lipinski definition) is 14. The molecule has 17 heteroatoms. The monoisotopic (exact) mass is 1710 g/mol. The number of carbonyl (C=O) groups is 7. The molecule has 0 fully saturated rings. The highest BCUT2D eigenvalue weighted by Crippen LogP contribution is 2.46. The normalized spacial score (nSPS) is 12.2. The van der Waals surface area contributed by atoms with E-state index in [1.807, 2.05) is 159 Å². The molecule has 1 amide bonds. The first kappa shape index (κ1) is 91.7. The number of benzene rings is 14. The lowest BCUT2D eigenvalue weighted by molar-refractivity contribution is -0.143. The highest BCUT2D eigenvalue weighted by atomic mass is 35.5. The van der Waals surface area contributed by atoms with Crippen LogP contribution in [0, 0.1) is 0 Å². The third-order valence-corrected chi connectivity index (χ3v) is 21.4. The number of nitrogens with one attached hydrogen (secondary N) is 1. The molecule has 0 saturated heterocycles. The Labute approximate surface area is 743 Å². The van der Waals surface area contributed by atoms with E-state index in [1.54, 1.807) is 38.3 Å². The quantitative estimate of drug-likeness (QED) is 0.0327. The van der Waals surface area contributed by atoms with E-state index in [1.165, 1.54) is 101 Å². The van der Waals surface area contributed by atoms with Crippen molar-refractivity contribution in [3.8, 4) is 28.4 Å². The zero-order valence-electron chi connectivity index (χ0n) is 70.0. The van der Waals surface area contributed by atoms with Crippen molar-refractivity contribution in [1.29, 1.82) is 0 Å². The van der Waals surface area contributed by atoms with Gasteiger partial charge in [-0.2, -0.15) is 0 Å². The second kappa shape index (κ2) is 45.2. The van der Waals surface area contributed by atoms with Crippen LogP contribution in [-0.4, -0.2) is 68.7 Å². The Morgan fingerprint density at radius 1 is 0.429 bits per heavy atom. The lowest BCUT2D eigenvalue weighted by Gasteiger charge is -2.19. The largest absolute Gasteiger partial charge is 0.496 e. The summed E-state index contributed by atoms with van der Waals surface area (Å²) in [5.41, 5.74) is 14.7. The van der Waals surface area contributed by atoms with Gasteiger partial charge in [-0.15, -0.1) is 0 Å². The Morgan fingerprint density at radius 3 is 1.44 bits per heavy atom. The molecule has 2 unspecified atom stereocenters. The minimum absolute atomic E-state index is 0.0217. The third-order valence-electron chi connectivity index (χ3n) is 20.8. The summed E-state index contributed by atoms with van der Waals surface area (Å²) in [5, 5.41) is 14.1. The summed E-state index contributed by atoms with van der Waals surface area (Å²) in [5.74, 6) is -0.904. The Morgan fingerprint density at radius 2 is 0.873 bits per heavy atom. The average molecular weight is 1710 g/mol. The number of methoxy groups -OCH3 is 1. The highest BCUT2D eigenvalue weighted by Gasteiger charge is 2.30. The molecule has 3 aliphatic rings. The van der Waals surface area contributed by atoms with Crippen molar-refractivity contribution in [2.45, 2.75) is 50.7 Å². The van der Waals surface area contributed by atoms with Gasteiger partial charge >= 0.3 is 35.8 Å². The maximum Gasteiger partial charge on any atom is 0.335 e. The van der Waals surface area contributed by atoms with E-state index in [9.17, 15) is 33.6 Å². The van der Waals surface area contributed by atoms with Crippen molar-refractivity contribution in [1.82, 2.24) is 5.32 Å². The zero-order chi connectivity index (χ0) is 89.6. The number of halogens is 2. The minimum atomic E-state index is -0.556. The number of amides is 1. The molecule has 15 nitrogen and oxygen atoms in total. The fourth-order valence-corrected chi connectivity index (χ4v) is 15.5. The number of ether oxygens (including phenoxy) is 7. The standard InChI is InChI=1S/C19H16O2.C17H14O2.C16H16O2.C15H15NO.C15H12O2.C14H12O3.C13H8Cl2O2/c1-2-19(20)21-13-18-16-9-5-3-7-14(16)11-12-15-8-4-6-10-17(15)18;1-2-17(18)19-11-16-14-9-5-3-7-12(14)13-8-4-6-10-15(13)16;1-12(2)16(17)18-11-10-14-8-5-7-13-6-3-4-9-15(13)14;1-3-15(17)16-11(2)13-10-6-8-12-7-4-5-9-14(12)13;1-2-14(16)17-13-9-11-7-3-5-10-6-4-8-12(13)15(10)11;1-3-14(15)17-13-9-8-12(16-2)10-6-4-5-7-11(10)13;1-2-12(16)17-13-9-6-4-3-5-8(9)10(14)7-11(13)15/h2-12,18H,1,13H2;2-10,16H,1,11H2;3-9H,1,10-11H2,2H3;3-11H,1H2,2H3,(H,16,17);2-8,13H,1,9H2;3-9H,1H2,2H3;2-7H,1H2. The van der Waals surface area contributed by atoms with Gasteiger partial charge in [0.15, 0.2) is 5.75 Å². The van der Waals surface area contributed by atoms with Crippen LogP contribution in [-0.2, 0) is 65.4 Å². The van der Waals surface area contributed by atoms with Gasteiger partial charge in [-0.25, -0.2) is 28.8 Å². The minimum Gasteiger partial charge on any atom is -0.496 e. The highest BCUT2D eigenvalue weighted by molar-refractivity contribution is 6.40. The van der Waals surface area contributed by atoms with Gasteiger partial charge in [-0.1, -0.05) is 348 Å². The van der Waals surface area contributed by atoms with Crippen LogP contribution in [0.1, 0.15) is 93.5 Å². The number of hydrogen-bond donors (Lipinski definition) is 1. The molecule has 0 aromatic heterocycles. The van der Waals surface area contributed by atoms with Gasteiger partial charge in [0.2, 0.25) is 5.91 Å². The van der Waals surface area contributed by atoms with Crippen molar-refractivity contribution in [2.75, 3.05) is 26.9 Å². The smallest absolute Gasteiger partial charge is 0.335 e. The molecule has 14 aromatic rings. The average Bonchev–Trinajstić information content (AvgIpc) is 1.51. The van der Waals surface area contributed by atoms with Gasteiger partial charge < -0.3 is 38.5 Å². The van der Waals surface area contributed by atoms with Gasteiger partial charge in [0.05, 0.1) is 29.8 Å². The fraction of sp³-hybridized carbons (Fsp3) is 0.110. The zero-order valence-corrected chi connectivity index (χ0v) is 71.5. The van der Waals surface area contributed by atoms with Crippen LogP contribution >= 0.6 is 23.2 Å². The van der Waals surface area contributed by atoms with Gasteiger partial charge in [0, 0.05) is 87.7 Å². The SMILES string of the molecule is C=C(C)C(=O)OCCc1cccc2ccccc12.C=CC(=O)NC(C)c1cccc2ccccc12.C=CC(=O)OC1Cc2cccc3cccc1c23.C=CC(=O)OCC1c2ccccc2-c2ccccc21.C=CC(=O)OCC1c2ccccc2C=Cc2ccccc21.C=CC(=O)Oc1c(Cl)cc(Cl)c2ccccc12.C=CC(=O)Oc1ccc(OC)c2ccccc12. The summed E-state index contributed by atoms with van der Waals surface area (Å²) in [4.78, 5) is 79.0. The van der Waals surface area contributed by atoms with Crippen LogP contribution in [0.5, 0.6) is 17.2 Å². The van der Waals surface area contributed by atoms with Crippen LogP contribution < -0.4 is 19.5 Å². The van der Waals surface area contributed by atoms with Gasteiger partial charge in [-0.05, 0) is 132 Å². The van der Waals surface area contributed by atoms with E-state index in [2.05, 4.69) is 173 Å². The van der Waals surface area contributed by atoms with Crippen LogP contribution in [0.3, 0.4) is 0 Å². The molecule has 1 N–H and O–H groups in total. The van der Waals surface area contributed by atoms with E-state index < -0.39 is 11.9 Å². The lowest BCUT2D eigenvalue weighted by atomic mass is 9.88. The number of esters is 6. The van der Waals surface area contributed by atoms with Gasteiger partial charge in [-0.3, -0.25) is 4.79 Å². The Kier molecular flexibility index (Phi) is 32.9. The van der Waals surface area contributed by atoms with Gasteiger partial charge in [0.1, 0.15) is 30.8 Å². The van der Waals surface area contributed by atoms with Crippen molar-refractivity contribution in [2.24, 2.45) is 0 Å². The van der Waals surface area contributed by atoms with Crippen LogP contribution in [0.15, 0.2) is 373 Å². The number of fused-ring (bicyclic) bond motifs is 9. The van der Waals surface area contributed by atoms with Crippen molar-refractivity contribution < 1.29 is 66.7 Å². The summed E-state index contributed by atoms with van der Waals surface area (Å²) >= 11 is 12.1. The second-order valence-corrected chi connectivity index (χ2v) is 29.6. The van der Waals surface area contributed by atoms with Crippen LogP contribution in [0.2, 0.25) is 10.0 Å². The van der Waals surface area contributed by atoms with Crippen LogP contribution in [0.4, 0.5) is 0 Å². The second-order valence-electron chi connectivity index (χ2n) is 28.8. The van der Waals surface area contributed by atoms with Gasteiger partial charge in [0.25, 0.3) is 0 Å². The summed E-state index contributed by atoms with van der Waals surface area (Å²) in [6.07, 6.45) is 12.7. The lowest BCUT2D eigenvalue weighted by Crippen LogP contribution is -2.24. The van der Waals surface area contributed by atoms with Crippen LogP contribution in [0.25, 0.3) is 77.1 Å². The van der Waals surface area contributed by atoms with Crippen molar-refractivity contribution >= 4 is 131 Å². The molecule has 0 spiro atoms. The van der Waals surface area contributed by atoms with E-state index in [0.29, 0.717) is 52.3 Å². The first-order valence-electron chi connectivity index (χ1n) is 40.5. The summed E-state index contributed by atoms with van der Waals surface area (Å²) < 4.78 is 36.6. The molecule has 126 heavy (non-hydrogen) atoms. The summed E-state index contributed by atoms with van der Waals surface area (Å²) in [7, 11) is 1.61. The molecule has 14 aromatic carbocycles. The summed E-state index contributed by atoms with van der Waals surface area (Å²) in [6, 6.07) is 93.8. The Bertz CT molecular complexity index is 6360. The molecule has 0 heterocycles. The molecule has 2 atom stereocenters. The maximum absolute atomic E-state index is 11.4. The van der Waals surface area contributed by atoms with E-state index in [4.69, 9.17) is 56.4 Å². The first-order chi connectivity index (χ1) is 61.2. The first-order valence-corrected chi connectivity index (χ1v) is 41.2. The predicted molar refractivity (Wildman–Crippen MR) is 507 cm³/mol. The molecule has 0 aliphatic heterocycles. The Hall–Kier alpha value is -15.0. The molecule has 632 valence electrons. The molecule has 0 bridgehead atoms. The maximum atomic E-state index is 11.4. The van der Waals surface area contributed by atoms with Crippen molar-refractivity contribution in [3.05, 3.63) is 439 Å². The van der Waals surface area contributed by atoms with E-state index in [0.717, 1.165) is 69.2 Å². The molecule has 0 radical (unpaired) electrons. The summed E-state index contributed by atoms with van der Waals surface area (Å²) in [6.45, 7) is 28.7. The molecular weight excluding hydrogens is 1620 g/mol. The fourth-order valence-electron chi connectivity index (χ4n) is 14.9. The third kappa shape index (κ3) is 23.4. The topological polar surface area (TPSA) is 196 Å². The molecule has 3 aliphatic carbocycles. The Balaban J connectivity index is 0.000000143. The molecule has 17 rings (SSSR count). The van der Waals surface area contributed by atoms with E-state index >= 15 is 0 Å². The number of rotatable bonds is 20. The van der Waals surface area contributed by atoms with Crippen molar-refractivity contribution in [3.63, 3.8) is 0 Å². The van der Waals surface area contributed by atoms with E-state index in [-0.39, 0.29) is 53.8 Å². The predicted octanol–water partition coefficient (Wildman–Crippen LogP) is 24.6.